The lowest BCUT2D eigenvalue weighted by Crippen LogP contribution is -2.50. The number of allylic oxidation sites excluding steroid dienone is 1. The third kappa shape index (κ3) is 2.62. The van der Waals surface area contributed by atoms with E-state index in [1.807, 2.05) is 6.07 Å². The highest BCUT2D eigenvalue weighted by Gasteiger charge is 2.58. The second-order valence-corrected chi connectivity index (χ2v) is 9.97. The van der Waals surface area contributed by atoms with E-state index in [4.69, 9.17) is 4.74 Å². The first-order chi connectivity index (χ1) is 13.0. The van der Waals surface area contributed by atoms with Gasteiger partial charge in [-0.25, -0.2) is 0 Å². The molecule has 4 aliphatic rings. The Hall–Kier alpha value is -1.57. The van der Waals surface area contributed by atoms with E-state index in [9.17, 15) is 4.79 Å². The van der Waals surface area contributed by atoms with Crippen LogP contribution in [0.25, 0.3) is 0 Å². The highest BCUT2D eigenvalue weighted by Crippen LogP contribution is 2.64. The van der Waals surface area contributed by atoms with Crippen LogP contribution in [0, 0.1) is 28.6 Å². The Kier molecular flexibility index (Phi) is 4.04. The molecule has 0 aromatic heterocycles. The molecular weight excluding hydrogens is 332 g/mol. The smallest absolute Gasteiger partial charge is 0.139 e. The Morgan fingerprint density at radius 1 is 0.963 bits per heavy atom. The SMILES string of the molecule is C[C@]12CC[C@H](Oc3ccccc3)CC1=CCC1[C@@H]2CC[C@]2(C)C(=O)CC[C@@H]12. The van der Waals surface area contributed by atoms with Gasteiger partial charge in [0.25, 0.3) is 0 Å². The van der Waals surface area contributed by atoms with Gasteiger partial charge in [-0.2, -0.15) is 0 Å². The summed E-state index contributed by atoms with van der Waals surface area (Å²) < 4.78 is 6.30. The predicted octanol–water partition coefficient (Wildman–Crippen LogP) is 5.97. The summed E-state index contributed by atoms with van der Waals surface area (Å²) in [7, 11) is 0. The molecule has 1 aromatic rings. The Labute approximate surface area is 163 Å². The van der Waals surface area contributed by atoms with E-state index in [1.165, 1.54) is 19.3 Å². The molecule has 0 radical (unpaired) electrons. The third-order valence-electron chi connectivity index (χ3n) is 8.81. The zero-order valence-corrected chi connectivity index (χ0v) is 16.7. The second-order valence-electron chi connectivity index (χ2n) is 9.97. The predicted molar refractivity (Wildman–Crippen MR) is 108 cm³/mol. The maximum absolute atomic E-state index is 12.6. The minimum atomic E-state index is -0.0174. The van der Waals surface area contributed by atoms with Crippen LogP contribution in [0.5, 0.6) is 5.75 Å². The topological polar surface area (TPSA) is 26.3 Å². The minimum absolute atomic E-state index is 0.0174. The van der Waals surface area contributed by atoms with Gasteiger partial charge >= 0.3 is 0 Å². The van der Waals surface area contributed by atoms with Crippen LogP contribution in [0.1, 0.15) is 65.2 Å². The molecule has 144 valence electrons. The number of benzene rings is 1. The van der Waals surface area contributed by atoms with Crippen molar-refractivity contribution in [1.82, 2.24) is 0 Å². The lowest BCUT2D eigenvalue weighted by molar-refractivity contribution is -0.131. The van der Waals surface area contributed by atoms with Crippen LogP contribution in [0.4, 0.5) is 0 Å². The normalized spacial score (nSPS) is 43.3. The molecule has 1 unspecified atom stereocenters. The molecule has 0 bridgehead atoms. The van der Waals surface area contributed by atoms with E-state index < -0.39 is 0 Å². The van der Waals surface area contributed by atoms with Gasteiger partial charge in [-0.1, -0.05) is 43.7 Å². The number of carbonyl (C=O) groups excluding carboxylic acids is 1. The van der Waals surface area contributed by atoms with Crippen molar-refractivity contribution >= 4 is 5.78 Å². The zero-order valence-electron chi connectivity index (χ0n) is 16.7. The van der Waals surface area contributed by atoms with Crippen molar-refractivity contribution in [2.24, 2.45) is 28.6 Å². The van der Waals surface area contributed by atoms with E-state index >= 15 is 0 Å². The fourth-order valence-electron chi connectivity index (χ4n) is 7.19. The van der Waals surface area contributed by atoms with Crippen molar-refractivity contribution in [1.29, 1.82) is 0 Å². The van der Waals surface area contributed by atoms with Crippen molar-refractivity contribution in [2.45, 2.75) is 71.3 Å². The van der Waals surface area contributed by atoms with E-state index in [1.54, 1.807) is 5.57 Å². The summed E-state index contributed by atoms with van der Waals surface area (Å²) in [5, 5.41) is 0. The van der Waals surface area contributed by atoms with Crippen LogP contribution in [0.15, 0.2) is 42.0 Å². The van der Waals surface area contributed by atoms with E-state index in [0.29, 0.717) is 23.2 Å². The molecule has 3 fully saturated rings. The van der Waals surface area contributed by atoms with E-state index in [-0.39, 0.29) is 5.41 Å². The molecule has 0 amide bonds. The van der Waals surface area contributed by atoms with Crippen molar-refractivity contribution in [3.8, 4) is 5.75 Å². The van der Waals surface area contributed by atoms with Gasteiger partial charge in [-0.05, 0) is 73.8 Å². The van der Waals surface area contributed by atoms with Gasteiger partial charge in [0.15, 0.2) is 0 Å². The van der Waals surface area contributed by atoms with Gasteiger partial charge < -0.3 is 4.74 Å². The number of carbonyl (C=O) groups is 1. The molecule has 27 heavy (non-hydrogen) atoms. The second kappa shape index (κ2) is 6.22. The first-order valence-corrected chi connectivity index (χ1v) is 11.0. The number of hydrogen-bond acceptors (Lipinski definition) is 2. The first kappa shape index (κ1) is 17.5. The summed E-state index contributed by atoms with van der Waals surface area (Å²) in [5.41, 5.74) is 1.95. The Balaban J connectivity index is 1.37. The molecule has 3 saturated carbocycles. The summed E-state index contributed by atoms with van der Waals surface area (Å²) in [4.78, 5) is 12.6. The average Bonchev–Trinajstić information content (AvgIpc) is 2.98. The molecule has 1 aromatic carbocycles. The average molecular weight is 365 g/mol. The van der Waals surface area contributed by atoms with Crippen molar-refractivity contribution in [2.75, 3.05) is 0 Å². The summed E-state index contributed by atoms with van der Waals surface area (Å²) in [6, 6.07) is 10.3. The molecule has 4 aliphatic carbocycles. The van der Waals surface area contributed by atoms with Crippen LogP contribution in [0.3, 0.4) is 0 Å². The Bertz CT molecular complexity index is 766. The molecule has 5 rings (SSSR count). The molecule has 0 N–H and O–H groups in total. The van der Waals surface area contributed by atoms with Gasteiger partial charge in [-0.15, -0.1) is 0 Å². The molecule has 2 nitrogen and oxygen atoms in total. The van der Waals surface area contributed by atoms with Crippen LogP contribution >= 0.6 is 0 Å². The molecular formula is C25H32O2. The number of fused-ring (bicyclic) bond motifs is 5. The van der Waals surface area contributed by atoms with Crippen molar-refractivity contribution in [3.05, 3.63) is 42.0 Å². The fraction of sp³-hybridized carbons (Fsp3) is 0.640. The highest BCUT2D eigenvalue weighted by atomic mass is 16.5. The Morgan fingerprint density at radius 2 is 1.70 bits per heavy atom. The fourth-order valence-corrected chi connectivity index (χ4v) is 7.19. The summed E-state index contributed by atoms with van der Waals surface area (Å²) in [5.74, 6) is 3.65. The lowest BCUT2D eigenvalue weighted by atomic mass is 9.48. The number of hydrogen-bond donors (Lipinski definition) is 0. The van der Waals surface area contributed by atoms with Crippen LogP contribution in [-0.4, -0.2) is 11.9 Å². The summed E-state index contributed by atoms with van der Waals surface area (Å²) in [6.07, 6.45) is 11.8. The quantitative estimate of drug-likeness (QED) is 0.605. The number of ether oxygens (including phenoxy) is 1. The summed E-state index contributed by atoms with van der Waals surface area (Å²) >= 11 is 0. The van der Waals surface area contributed by atoms with Crippen molar-refractivity contribution < 1.29 is 9.53 Å². The molecule has 0 heterocycles. The summed E-state index contributed by atoms with van der Waals surface area (Å²) in [6.45, 7) is 4.79. The highest BCUT2D eigenvalue weighted by molar-refractivity contribution is 5.87. The van der Waals surface area contributed by atoms with Gasteiger partial charge in [0.1, 0.15) is 17.6 Å². The third-order valence-corrected chi connectivity index (χ3v) is 8.81. The van der Waals surface area contributed by atoms with Crippen LogP contribution in [-0.2, 0) is 4.79 Å². The molecule has 0 aliphatic heterocycles. The molecule has 6 atom stereocenters. The van der Waals surface area contributed by atoms with Gasteiger partial charge in [0.05, 0.1) is 0 Å². The monoisotopic (exact) mass is 364 g/mol. The minimum Gasteiger partial charge on any atom is -0.490 e. The molecule has 0 saturated heterocycles. The van der Waals surface area contributed by atoms with Gasteiger partial charge in [0, 0.05) is 18.3 Å². The van der Waals surface area contributed by atoms with E-state index in [2.05, 4.69) is 44.2 Å². The Morgan fingerprint density at radius 3 is 2.52 bits per heavy atom. The van der Waals surface area contributed by atoms with Gasteiger partial charge in [-0.3, -0.25) is 4.79 Å². The number of rotatable bonds is 2. The van der Waals surface area contributed by atoms with Gasteiger partial charge in [0.2, 0.25) is 0 Å². The molecule has 2 heteroatoms. The zero-order chi connectivity index (χ0) is 18.6. The van der Waals surface area contributed by atoms with E-state index in [0.717, 1.165) is 49.7 Å². The first-order valence-electron chi connectivity index (χ1n) is 11.0. The number of ketones is 1. The number of Topliss-reactive ketones (excluding diaryl/α,β-unsaturated/α-hetero) is 1. The standard InChI is InChI=1S/C25H32O2/c1-24-14-12-19(27-18-6-4-3-5-7-18)16-17(24)8-9-20-21-10-11-23(26)25(21,2)15-13-22(20)24/h3-8,19-22H,9-16H2,1-2H3/t19-,20?,21-,22-,24-,25-/m0/s1. The maximum atomic E-state index is 12.6. The molecule has 0 spiro atoms. The van der Waals surface area contributed by atoms with Crippen LogP contribution < -0.4 is 4.74 Å². The van der Waals surface area contributed by atoms with Crippen LogP contribution in [0.2, 0.25) is 0 Å². The lowest BCUT2D eigenvalue weighted by Gasteiger charge is -2.57. The number of para-hydroxylation sites is 1. The largest absolute Gasteiger partial charge is 0.490 e. The maximum Gasteiger partial charge on any atom is 0.139 e. The van der Waals surface area contributed by atoms with Crippen molar-refractivity contribution in [3.63, 3.8) is 0 Å².